The number of likely N-dealkylation sites (tertiary alicyclic amines) is 1. The van der Waals surface area contributed by atoms with E-state index < -0.39 is 0 Å². The van der Waals surface area contributed by atoms with Gasteiger partial charge in [0.25, 0.3) is 5.91 Å². The third-order valence-corrected chi connectivity index (χ3v) is 7.54. The van der Waals surface area contributed by atoms with Gasteiger partial charge in [-0.2, -0.15) is 5.10 Å². The Morgan fingerprint density at radius 3 is 2.29 bits per heavy atom. The number of carbonyl (C=O) groups is 2. The maximum atomic E-state index is 13.0. The molecule has 1 aliphatic rings. The molecule has 0 aliphatic carbocycles. The lowest BCUT2D eigenvalue weighted by Crippen LogP contribution is -2.38. The molecule has 212 valence electrons. The number of anilines is 2. The van der Waals surface area contributed by atoms with E-state index in [-0.39, 0.29) is 17.4 Å². The summed E-state index contributed by atoms with van der Waals surface area (Å²) in [6, 6.07) is 21.3. The lowest BCUT2D eigenvalue weighted by Gasteiger charge is -2.32. The molecule has 1 aliphatic heterocycles. The van der Waals surface area contributed by atoms with Gasteiger partial charge in [-0.3, -0.25) is 15.1 Å². The maximum Gasteiger partial charge on any atom is 0.324 e. The molecule has 4 aromatic rings. The Bertz CT molecular complexity index is 1480. The van der Waals surface area contributed by atoms with E-state index in [0.717, 1.165) is 55.0 Å². The van der Waals surface area contributed by atoms with Crippen LogP contribution in [0.5, 0.6) is 0 Å². The molecule has 0 unspecified atom stereocenters. The van der Waals surface area contributed by atoms with Gasteiger partial charge in [0.15, 0.2) is 0 Å². The van der Waals surface area contributed by atoms with Crippen molar-refractivity contribution < 1.29 is 9.59 Å². The molecule has 1 saturated heterocycles. The predicted molar refractivity (Wildman–Crippen MR) is 163 cm³/mol. The number of nitrogens with one attached hydrogen (secondary N) is 2. The second-order valence-electron chi connectivity index (χ2n) is 11.9. The number of urea groups is 1. The highest BCUT2D eigenvalue weighted by Crippen LogP contribution is 2.27. The van der Waals surface area contributed by atoms with Gasteiger partial charge < -0.3 is 10.2 Å². The number of carbonyl (C=O) groups excluding carboxylic acids is 2. The maximum absolute atomic E-state index is 13.0. The summed E-state index contributed by atoms with van der Waals surface area (Å²) in [6.07, 6.45) is 6.21. The number of benzene rings is 2. The van der Waals surface area contributed by atoms with Crippen molar-refractivity contribution in [3.05, 3.63) is 102 Å². The third-order valence-electron chi connectivity index (χ3n) is 7.54. The fourth-order valence-electron chi connectivity index (χ4n) is 5.07. The first kappa shape index (κ1) is 28.1. The van der Waals surface area contributed by atoms with Crippen LogP contribution in [0.15, 0.2) is 79.1 Å². The molecule has 41 heavy (non-hydrogen) atoms. The summed E-state index contributed by atoms with van der Waals surface area (Å²) in [5.41, 5.74) is 5.37. The number of piperidine rings is 1. The Morgan fingerprint density at radius 2 is 1.66 bits per heavy atom. The number of nitrogens with zero attached hydrogens (tertiary/aromatic N) is 4. The lowest BCUT2D eigenvalue weighted by molar-refractivity contribution is 0.0690. The SMILES string of the molecule is Cc1ccc(-n2nc(C(C)(C)C)cc2NC(=O)Nc2ccc(CC3CCN(C(=O)c4cccnc4)CC3)cc2)cc1. The zero-order chi connectivity index (χ0) is 29.0. The highest BCUT2D eigenvalue weighted by atomic mass is 16.2. The first-order chi connectivity index (χ1) is 19.7. The molecule has 8 heteroatoms. The van der Waals surface area contributed by atoms with Crippen LogP contribution in [0.1, 0.15) is 60.8 Å². The number of amides is 3. The van der Waals surface area contributed by atoms with Crippen molar-refractivity contribution in [2.75, 3.05) is 23.7 Å². The van der Waals surface area contributed by atoms with E-state index in [4.69, 9.17) is 5.10 Å². The van der Waals surface area contributed by atoms with Crippen LogP contribution >= 0.6 is 0 Å². The van der Waals surface area contributed by atoms with Crippen LogP contribution in [0.4, 0.5) is 16.3 Å². The minimum absolute atomic E-state index is 0.0572. The van der Waals surface area contributed by atoms with Crippen LogP contribution in [0, 0.1) is 12.8 Å². The van der Waals surface area contributed by atoms with Crippen LogP contribution in [0.25, 0.3) is 5.69 Å². The van der Waals surface area contributed by atoms with E-state index in [9.17, 15) is 9.59 Å². The number of hydrogen-bond acceptors (Lipinski definition) is 4. The van der Waals surface area contributed by atoms with Crippen molar-refractivity contribution in [2.45, 2.75) is 52.4 Å². The summed E-state index contributed by atoms with van der Waals surface area (Å²) < 4.78 is 1.78. The van der Waals surface area contributed by atoms with Gasteiger partial charge in [0.2, 0.25) is 0 Å². The quantitative estimate of drug-likeness (QED) is 0.282. The number of hydrogen-bond donors (Lipinski definition) is 2. The Hall–Kier alpha value is -4.46. The normalized spacial score (nSPS) is 14.1. The van der Waals surface area contributed by atoms with Gasteiger partial charge in [-0.15, -0.1) is 0 Å². The molecule has 2 aromatic carbocycles. The summed E-state index contributed by atoms with van der Waals surface area (Å²) in [6.45, 7) is 9.87. The molecular weight excluding hydrogens is 512 g/mol. The molecule has 5 rings (SSSR count). The van der Waals surface area contributed by atoms with Crippen molar-refractivity contribution in [2.24, 2.45) is 5.92 Å². The smallest absolute Gasteiger partial charge is 0.324 e. The topological polar surface area (TPSA) is 92.2 Å². The van der Waals surface area contributed by atoms with Crippen molar-refractivity contribution in [1.29, 1.82) is 0 Å². The van der Waals surface area contributed by atoms with Crippen molar-refractivity contribution in [3.8, 4) is 5.69 Å². The van der Waals surface area contributed by atoms with Crippen LogP contribution in [0.3, 0.4) is 0 Å². The van der Waals surface area contributed by atoms with Crippen LogP contribution in [-0.4, -0.2) is 44.7 Å². The average Bonchev–Trinajstić information content (AvgIpc) is 3.39. The number of rotatable bonds is 6. The van der Waals surface area contributed by atoms with Gasteiger partial charge in [0.05, 0.1) is 16.9 Å². The van der Waals surface area contributed by atoms with Crippen molar-refractivity contribution in [3.63, 3.8) is 0 Å². The van der Waals surface area contributed by atoms with E-state index in [0.29, 0.717) is 17.3 Å². The fraction of sp³-hybridized carbons (Fsp3) is 0.333. The second kappa shape index (κ2) is 12.0. The third kappa shape index (κ3) is 7.01. The average molecular weight is 551 g/mol. The molecule has 3 heterocycles. The molecule has 1 fully saturated rings. The highest BCUT2D eigenvalue weighted by Gasteiger charge is 2.24. The predicted octanol–water partition coefficient (Wildman–Crippen LogP) is 6.61. The van der Waals surface area contributed by atoms with E-state index >= 15 is 0 Å². The van der Waals surface area contributed by atoms with Gasteiger partial charge in [-0.25, -0.2) is 9.48 Å². The summed E-state index contributed by atoms with van der Waals surface area (Å²) in [5, 5.41) is 10.7. The molecule has 0 atom stereocenters. The molecule has 3 amide bonds. The number of aryl methyl sites for hydroxylation is 1. The Labute approximate surface area is 241 Å². The Morgan fingerprint density at radius 1 is 0.951 bits per heavy atom. The molecule has 0 bridgehead atoms. The van der Waals surface area contributed by atoms with Crippen LogP contribution in [-0.2, 0) is 11.8 Å². The highest BCUT2D eigenvalue weighted by molar-refractivity contribution is 5.99. The summed E-state index contributed by atoms with van der Waals surface area (Å²) >= 11 is 0. The van der Waals surface area contributed by atoms with Crippen LogP contribution in [0.2, 0.25) is 0 Å². The first-order valence-electron chi connectivity index (χ1n) is 14.2. The van der Waals surface area contributed by atoms with Crippen molar-refractivity contribution >= 4 is 23.4 Å². The van der Waals surface area contributed by atoms with Gasteiger partial charge in [0.1, 0.15) is 5.82 Å². The van der Waals surface area contributed by atoms with E-state index in [2.05, 4.69) is 48.5 Å². The van der Waals surface area contributed by atoms with Gasteiger partial charge in [-0.1, -0.05) is 50.6 Å². The second-order valence-corrected chi connectivity index (χ2v) is 11.9. The summed E-state index contributed by atoms with van der Waals surface area (Å²) in [7, 11) is 0. The lowest BCUT2D eigenvalue weighted by atomic mass is 9.90. The standard InChI is InChI=1S/C33H38N6O2/c1-23-7-13-28(14-8-23)39-30(21-29(37-39)33(2,3)4)36-32(41)35-27-11-9-24(10-12-27)20-25-15-18-38(19-16-25)31(40)26-6-5-17-34-22-26/h5-14,17,21-22,25H,15-16,18-20H2,1-4H3,(H2,35,36,41). The van der Waals surface area contributed by atoms with Crippen LogP contribution < -0.4 is 10.6 Å². The van der Waals surface area contributed by atoms with Gasteiger partial charge in [-0.05, 0) is 74.1 Å². The van der Waals surface area contributed by atoms with Crippen molar-refractivity contribution in [1.82, 2.24) is 19.7 Å². The summed E-state index contributed by atoms with van der Waals surface area (Å²) in [4.78, 5) is 31.7. The first-order valence-corrected chi connectivity index (χ1v) is 14.2. The summed E-state index contributed by atoms with van der Waals surface area (Å²) in [5.74, 6) is 1.19. The number of pyridine rings is 1. The molecule has 8 nitrogen and oxygen atoms in total. The molecule has 2 aromatic heterocycles. The largest absolute Gasteiger partial charge is 0.339 e. The van der Waals surface area contributed by atoms with Gasteiger partial charge >= 0.3 is 6.03 Å². The number of aromatic nitrogens is 3. The van der Waals surface area contributed by atoms with E-state index in [1.165, 1.54) is 5.56 Å². The Balaban J connectivity index is 1.17. The minimum atomic E-state index is -0.322. The Kier molecular flexibility index (Phi) is 8.19. The molecule has 0 radical (unpaired) electrons. The molecule has 0 saturated carbocycles. The molecular formula is C33H38N6O2. The van der Waals surface area contributed by atoms with E-state index in [1.54, 1.807) is 23.1 Å². The zero-order valence-corrected chi connectivity index (χ0v) is 24.2. The molecule has 0 spiro atoms. The minimum Gasteiger partial charge on any atom is -0.339 e. The monoisotopic (exact) mass is 550 g/mol. The van der Waals surface area contributed by atoms with E-state index in [1.807, 2.05) is 60.4 Å². The van der Waals surface area contributed by atoms with Gasteiger partial charge in [0, 0.05) is 42.7 Å². The fourth-order valence-corrected chi connectivity index (χ4v) is 5.07. The zero-order valence-electron chi connectivity index (χ0n) is 24.2. The molecule has 2 N–H and O–H groups in total.